The third kappa shape index (κ3) is 3.65. The van der Waals surface area contributed by atoms with E-state index in [1.165, 1.54) is 4.90 Å². The molecule has 1 aliphatic carbocycles. The number of hydrogen-bond acceptors (Lipinski definition) is 5. The first-order valence-corrected chi connectivity index (χ1v) is 12.1. The van der Waals surface area contributed by atoms with E-state index in [0.717, 1.165) is 28.6 Å². The minimum atomic E-state index is -1.32. The summed E-state index contributed by atoms with van der Waals surface area (Å²) in [6, 6.07) is 6.60. The molecular weight excluding hydrogens is 502 g/mol. The molecule has 1 aliphatic heterocycles. The van der Waals surface area contributed by atoms with Gasteiger partial charge in [-0.1, -0.05) is 23.7 Å². The first-order chi connectivity index (χ1) is 14.9. The van der Waals surface area contributed by atoms with Crippen LogP contribution in [0, 0.1) is 0 Å². The number of aliphatic hydroxyl groups excluding tert-OH is 1. The van der Waals surface area contributed by atoms with Crippen molar-refractivity contribution in [1.82, 2.24) is 14.9 Å². The smallest absolute Gasteiger partial charge is 0.256 e. The Morgan fingerprint density at radius 1 is 1.35 bits per heavy atom. The number of rotatable bonds is 4. The van der Waals surface area contributed by atoms with E-state index in [9.17, 15) is 14.7 Å². The molecule has 2 N–H and O–H groups in total. The zero-order valence-corrected chi connectivity index (χ0v) is 19.6. The van der Waals surface area contributed by atoms with Gasteiger partial charge in [-0.25, -0.2) is 4.98 Å². The molecule has 0 unspecified atom stereocenters. The van der Waals surface area contributed by atoms with Crippen LogP contribution in [0.4, 0.5) is 0 Å². The Balaban J connectivity index is 1.41. The molecule has 31 heavy (non-hydrogen) atoms. The molecule has 1 fully saturated rings. The number of benzene rings is 1. The Bertz CT molecular complexity index is 1240. The minimum Gasteiger partial charge on any atom is -0.378 e. The largest absolute Gasteiger partial charge is 0.378 e. The van der Waals surface area contributed by atoms with Gasteiger partial charge in [0.15, 0.2) is 6.10 Å². The van der Waals surface area contributed by atoms with Crippen LogP contribution in [-0.4, -0.2) is 32.4 Å². The lowest BCUT2D eigenvalue weighted by Crippen LogP contribution is -2.42. The van der Waals surface area contributed by atoms with Crippen molar-refractivity contribution in [3.63, 3.8) is 0 Å². The van der Waals surface area contributed by atoms with E-state index < -0.39 is 12.0 Å². The fourth-order valence-electron chi connectivity index (χ4n) is 4.21. The van der Waals surface area contributed by atoms with Crippen LogP contribution in [0.25, 0.3) is 0 Å². The zero-order chi connectivity index (χ0) is 21.8. The summed E-state index contributed by atoms with van der Waals surface area (Å²) in [5.41, 5.74) is 2.37. The van der Waals surface area contributed by atoms with Gasteiger partial charge < -0.3 is 15.0 Å². The quantitative estimate of drug-likeness (QED) is 0.545. The first-order valence-electron chi connectivity index (χ1n) is 9.96. The molecule has 9 heteroatoms. The van der Waals surface area contributed by atoms with Gasteiger partial charge >= 0.3 is 0 Å². The summed E-state index contributed by atoms with van der Waals surface area (Å²) in [7, 11) is 0. The maximum Gasteiger partial charge on any atom is 0.256 e. The number of carbonyl (C=O) groups excluding carboxylic acids is 1. The molecule has 2 aliphatic rings. The maximum atomic E-state index is 12.9. The Morgan fingerprint density at radius 3 is 2.84 bits per heavy atom. The van der Waals surface area contributed by atoms with Crippen LogP contribution < -0.4 is 5.56 Å². The van der Waals surface area contributed by atoms with Crippen LogP contribution in [0.1, 0.15) is 47.2 Å². The fraction of sp³-hybridized carbons (Fsp3) is 0.318. The monoisotopic (exact) mass is 519 g/mol. The highest BCUT2D eigenvalue weighted by Gasteiger charge is 2.50. The van der Waals surface area contributed by atoms with E-state index in [1.807, 2.05) is 5.38 Å². The van der Waals surface area contributed by atoms with Crippen molar-refractivity contribution in [2.45, 2.75) is 37.3 Å². The average Bonchev–Trinajstić information content (AvgIpc) is 3.46. The van der Waals surface area contributed by atoms with Gasteiger partial charge in [-0.2, -0.15) is 11.3 Å². The van der Waals surface area contributed by atoms with E-state index in [4.69, 9.17) is 16.6 Å². The number of hydrogen-bond donors (Lipinski definition) is 2. The van der Waals surface area contributed by atoms with Gasteiger partial charge in [0, 0.05) is 27.8 Å². The molecule has 5 rings (SSSR count). The van der Waals surface area contributed by atoms with Crippen molar-refractivity contribution in [1.29, 1.82) is 0 Å². The van der Waals surface area contributed by atoms with E-state index in [-0.39, 0.29) is 17.5 Å². The van der Waals surface area contributed by atoms with E-state index in [0.29, 0.717) is 34.9 Å². The van der Waals surface area contributed by atoms with Crippen molar-refractivity contribution < 1.29 is 9.90 Å². The molecule has 0 bridgehead atoms. The van der Waals surface area contributed by atoms with Crippen LogP contribution >= 0.6 is 38.9 Å². The summed E-state index contributed by atoms with van der Waals surface area (Å²) in [6.07, 6.45) is 1.04. The summed E-state index contributed by atoms with van der Waals surface area (Å²) < 4.78 is 1.04. The van der Waals surface area contributed by atoms with Crippen molar-refractivity contribution in [2.24, 2.45) is 0 Å². The number of carbonyl (C=O) groups is 1. The number of nitrogens with one attached hydrogen (secondary N) is 1. The van der Waals surface area contributed by atoms with Crippen LogP contribution in [0.5, 0.6) is 0 Å². The second-order valence-corrected chi connectivity index (χ2v) is 10.1. The lowest BCUT2D eigenvalue weighted by Gasteiger charge is -2.30. The standard InChI is InChI=1S/C22H19BrClN3O3S/c23-16-11-31-10-15(16)22(5-6-22)21-25-17-4-7-27(9-14(17)19(29)26-21)20(30)18(28)12-2-1-3-13(24)8-12/h1-3,8,10-11,18,28H,4-7,9H2,(H,25,26,29)/t18-/m1/s1. The Labute approximate surface area is 196 Å². The van der Waals surface area contributed by atoms with Gasteiger partial charge in [0.25, 0.3) is 11.5 Å². The number of halogens is 2. The Kier molecular flexibility index (Phi) is 5.29. The van der Waals surface area contributed by atoms with Gasteiger partial charge in [-0.3, -0.25) is 9.59 Å². The second-order valence-electron chi connectivity index (χ2n) is 8.02. The summed E-state index contributed by atoms with van der Waals surface area (Å²) in [4.78, 5) is 35.1. The normalized spacial score (nSPS) is 17.8. The molecule has 1 atom stereocenters. The van der Waals surface area contributed by atoms with Gasteiger partial charge in [0.2, 0.25) is 0 Å². The number of fused-ring (bicyclic) bond motifs is 1. The molecule has 6 nitrogen and oxygen atoms in total. The first kappa shape index (κ1) is 20.9. The Morgan fingerprint density at radius 2 is 2.16 bits per heavy atom. The van der Waals surface area contributed by atoms with Crippen molar-refractivity contribution in [2.75, 3.05) is 6.54 Å². The minimum absolute atomic E-state index is 0.129. The predicted octanol–water partition coefficient (Wildman–Crippen LogP) is 3.95. The second kappa shape index (κ2) is 7.85. The molecule has 160 valence electrons. The van der Waals surface area contributed by atoms with Crippen molar-refractivity contribution in [3.8, 4) is 0 Å². The highest BCUT2D eigenvalue weighted by Crippen LogP contribution is 2.54. The number of amides is 1. The lowest BCUT2D eigenvalue weighted by molar-refractivity contribution is -0.141. The summed E-state index contributed by atoms with van der Waals surface area (Å²) >= 11 is 11.2. The van der Waals surface area contributed by atoms with Gasteiger partial charge in [-0.15, -0.1) is 0 Å². The summed E-state index contributed by atoms with van der Waals surface area (Å²) in [5.74, 6) is 0.256. The number of aliphatic hydroxyl groups is 1. The van der Waals surface area contributed by atoms with Crippen LogP contribution in [0.2, 0.25) is 5.02 Å². The lowest BCUT2D eigenvalue weighted by atomic mass is 9.97. The maximum absolute atomic E-state index is 12.9. The van der Waals surface area contributed by atoms with Crippen LogP contribution in [0.15, 0.2) is 44.3 Å². The van der Waals surface area contributed by atoms with Crippen LogP contribution in [-0.2, 0) is 23.2 Å². The molecule has 3 heterocycles. The summed E-state index contributed by atoms with van der Waals surface area (Å²) in [6.45, 7) is 0.526. The topological polar surface area (TPSA) is 86.3 Å². The zero-order valence-electron chi connectivity index (χ0n) is 16.4. The van der Waals surface area contributed by atoms with Gasteiger partial charge in [0.05, 0.1) is 23.2 Å². The van der Waals surface area contributed by atoms with Crippen molar-refractivity contribution >= 4 is 44.8 Å². The molecule has 0 saturated heterocycles. The van der Waals surface area contributed by atoms with E-state index >= 15 is 0 Å². The highest BCUT2D eigenvalue weighted by molar-refractivity contribution is 9.10. The predicted molar refractivity (Wildman–Crippen MR) is 122 cm³/mol. The molecule has 1 saturated carbocycles. The number of aromatic amines is 1. The molecule has 0 radical (unpaired) electrons. The molecule has 1 amide bonds. The SMILES string of the molecule is O=C([C@H](O)c1cccc(Cl)c1)N1CCc2nc(C3(c4cscc4Br)CC3)[nH]c(=O)c2C1. The van der Waals surface area contributed by atoms with Gasteiger partial charge in [-0.05, 0) is 57.4 Å². The molecule has 3 aromatic rings. The van der Waals surface area contributed by atoms with E-state index in [1.54, 1.807) is 35.6 Å². The highest BCUT2D eigenvalue weighted by atomic mass is 79.9. The number of H-pyrrole nitrogens is 1. The average molecular weight is 521 g/mol. The molecular formula is C22H19BrClN3O3S. The van der Waals surface area contributed by atoms with Gasteiger partial charge in [0.1, 0.15) is 5.82 Å². The fourth-order valence-corrected chi connectivity index (χ4v) is 6.18. The van der Waals surface area contributed by atoms with E-state index in [2.05, 4.69) is 26.3 Å². The molecule has 1 aromatic carbocycles. The van der Waals surface area contributed by atoms with Crippen molar-refractivity contribution in [3.05, 3.63) is 83.1 Å². The third-order valence-electron chi connectivity index (χ3n) is 6.11. The summed E-state index contributed by atoms with van der Waals surface area (Å²) in [5, 5.41) is 15.1. The number of nitrogens with zero attached hydrogens (tertiary/aromatic N) is 2. The Hall–Kier alpha value is -2.00. The molecule has 2 aromatic heterocycles. The third-order valence-corrected chi connectivity index (χ3v) is 8.05. The van der Waals surface area contributed by atoms with Crippen LogP contribution in [0.3, 0.4) is 0 Å². The number of thiophene rings is 1. The molecule has 0 spiro atoms. The number of aromatic nitrogens is 2.